The van der Waals surface area contributed by atoms with Crippen LogP contribution in [-0.2, 0) is 14.3 Å². The van der Waals surface area contributed by atoms with Crippen LogP contribution in [0, 0.1) is 0 Å². The zero-order chi connectivity index (χ0) is 12.8. The summed E-state index contributed by atoms with van der Waals surface area (Å²) < 4.78 is 8.83. The zero-order valence-electron chi connectivity index (χ0n) is 9.47. The monoisotopic (exact) mass is 239 g/mol. The van der Waals surface area contributed by atoms with Crippen molar-refractivity contribution < 1.29 is 24.2 Å². The predicted octanol–water partition coefficient (Wildman–Crippen LogP) is 1.07. The van der Waals surface area contributed by atoms with Gasteiger partial charge in [0.05, 0.1) is 14.2 Å². The molecule has 1 amide bonds. The molecule has 0 heterocycles. The number of ether oxygens (including phenoxy) is 2. The molecule has 1 atom stereocenters. The van der Waals surface area contributed by atoms with Crippen LogP contribution in [0.25, 0.3) is 0 Å². The first kappa shape index (κ1) is 13.0. The second-order valence-electron chi connectivity index (χ2n) is 3.17. The lowest BCUT2D eigenvalue weighted by Crippen LogP contribution is -2.15. The molecule has 1 aromatic rings. The molecule has 0 aliphatic carbocycles. The molecular formula is C11H13NO5. The third-order valence-corrected chi connectivity index (χ3v) is 2.06. The second-order valence-corrected chi connectivity index (χ2v) is 3.17. The third kappa shape index (κ3) is 3.46. The van der Waals surface area contributed by atoms with Crippen molar-refractivity contribution in [3.63, 3.8) is 0 Å². The molecule has 6 heteroatoms. The first-order chi connectivity index (χ1) is 8.08. The number of aliphatic hydroxyl groups is 1. The number of methoxy groups -OCH3 is 2. The van der Waals surface area contributed by atoms with Gasteiger partial charge in [0.1, 0.15) is 0 Å². The Kier molecular flexibility index (Phi) is 4.47. The van der Waals surface area contributed by atoms with Gasteiger partial charge in [-0.2, -0.15) is 0 Å². The minimum absolute atomic E-state index is 0.325. The molecular weight excluding hydrogens is 226 g/mol. The maximum Gasteiger partial charge on any atom is 0.411 e. The minimum atomic E-state index is -1.38. The highest BCUT2D eigenvalue weighted by molar-refractivity contribution is 5.85. The molecule has 1 rings (SSSR count). The summed E-state index contributed by atoms with van der Waals surface area (Å²) in [7, 11) is 2.42. The lowest BCUT2D eigenvalue weighted by Gasteiger charge is -2.10. The van der Waals surface area contributed by atoms with Crippen LogP contribution in [0.5, 0.6) is 0 Å². The molecule has 0 saturated carbocycles. The Morgan fingerprint density at radius 1 is 1.29 bits per heavy atom. The van der Waals surface area contributed by atoms with Gasteiger partial charge in [0.25, 0.3) is 0 Å². The number of hydrogen-bond donors (Lipinski definition) is 2. The van der Waals surface area contributed by atoms with Crippen LogP contribution in [-0.4, -0.2) is 31.4 Å². The van der Waals surface area contributed by atoms with E-state index in [4.69, 9.17) is 0 Å². The van der Waals surface area contributed by atoms with E-state index in [0.29, 0.717) is 11.3 Å². The quantitative estimate of drug-likeness (QED) is 0.771. The number of hydrogen-bond acceptors (Lipinski definition) is 5. The largest absolute Gasteiger partial charge is 0.467 e. The van der Waals surface area contributed by atoms with Crippen molar-refractivity contribution in [1.82, 2.24) is 0 Å². The maximum absolute atomic E-state index is 11.1. The van der Waals surface area contributed by atoms with Crippen molar-refractivity contribution in [3.8, 4) is 0 Å². The van der Waals surface area contributed by atoms with Gasteiger partial charge in [-0.25, -0.2) is 9.59 Å². The standard InChI is InChI=1S/C11H13NO5/c1-16-10(14)9(13)7-4-3-5-8(6-7)12-11(15)17-2/h3-6,9,13H,1-2H3,(H,12,15). The number of amides is 1. The highest BCUT2D eigenvalue weighted by Crippen LogP contribution is 2.18. The summed E-state index contributed by atoms with van der Waals surface area (Å²) in [6.07, 6.45) is -2.01. The molecule has 17 heavy (non-hydrogen) atoms. The Morgan fingerprint density at radius 2 is 2.00 bits per heavy atom. The molecule has 0 saturated heterocycles. The topological polar surface area (TPSA) is 84.9 Å². The van der Waals surface area contributed by atoms with Gasteiger partial charge in [0.2, 0.25) is 0 Å². The number of esters is 1. The summed E-state index contributed by atoms with van der Waals surface area (Å²) in [6, 6.07) is 6.19. The normalized spacial score (nSPS) is 11.5. The molecule has 0 aliphatic rings. The molecule has 6 nitrogen and oxygen atoms in total. The summed E-state index contributed by atoms with van der Waals surface area (Å²) in [6.45, 7) is 0. The molecule has 0 bridgehead atoms. The van der Waals surface area contributed by atoms with Crippen molar-refractivity contribution in [1.29, 1.82) is 0 Å². The number of aliphatic hydroxyl groups excluding tert-OH is 1. The van der Waals surface area contributed by atoms with Gasteiger partial charge in [0.15, 0.2) is 6.10 Å². The van der Waals surface area contributed by atoms with E-state index in [1.54, 1.807) is 18.2 Å². The van der Waals surface area contributed by atoms with Gasteiger partial charge in [-0.05, 0) is 17.7 Å². The van der Waals surface area contributed by atoms with Gasteiger partial charge in [-0.1, -0.05) is 12.1 Å². The number of anilines is 1. The lowest BCUT2D eigenvalue weighted by atomic mass is 10.1. The lowest BCUT2D eigenvalue weighted by molar-refractivity contribution is -0.150. The molecule has 0 aliphatic heterocycles. The Hall–Kier alpha value is -2.08. The van der Waals surface area contributed by atoms with Crippen molar-refractivity contribution in [3.05, 3.63) is 29.8 Å². The Morgan fingerprint density at radius 3 is 2.59 bits per heavy atom. The van der Waals surface area contributed by atoms with Crippen LogP contribution in [0.3, 0.4) is 0 Å². The van der Waals surface area contributed by atoms with Crippen molar-refractivity contribution in [2.75, 3.05) is 19.5 Å². The SMILES string of the molecule is COC(=O)Nc1cccc(C(O)C(=O)OC)c1. The second kappa shape index (κ2) is 5.86. The van der Waals surface area contributed by atoms with E-state index in [-0.39, 0.29) is 0 Å². The van der Waals surface area contributed by atoms with E-state index in [1.165, 1.54) is 20.3 Å². The van der Waals surface area contributed by atoms with E-state index >= 15 is 0 Å². The summed E-state index contributed by atoms with van der Waals surface area (Å²) in [5, 5.41) is 12.0. The average molecular weight is 239 g/mol. The zero-order valence-corrected chi connectivity index (χ0v) is 9.47. The van der Waals surface area contributed by atoms with Crippen molar-refractivity contribution >= 4 is 17.7 Å². The Labute approximate surface area is 98.2 Å². The van der Waals surface area contributed by atoms with Crippen LogP contribution in [0.2, 0.25) is 0 Å². The molecule has 1 unspecified atom stereocenters. The van der Waals surface area contributed by atoms with Crippen LogP contribution in [0.4, 0.5) is 10.5 Å². The first-order valence-electron chi connectivity index (χ1n) is 4.79. The van der Waals surface area contributed by atoms with E-state index in [1.807, 2.05) is 0 Å². The Balaban J connectivity index is 2.85. The van der Waals surface area contributed by atoms with E-state index in [2.05, 4.69) is 14.8 Å². The van der Waals surface area contributed by atoms with Gasteiger partial charge >= 0.3 is 12.1 Å². The highest BCUT2D eigenvalue weighted by atomic mass is 16.5. The van der Waals surface area contributed by atoms with E-state index in [0.717, 1.165) is 0 Å². The molecule has 2 N–H and O–H groups in total. The summed E-state index contributed by atoms with van der Waals surface area (Å²) in [4.78, 5) is 22.1. The maximum atomic E-state index is 11.1. The number of benzene rings is 1. The van der Waals surface area contributed by atoms with Crippen LogP contribution >= 0.6 is 0 Å². The van der Waals surface area contributed by atoms with Crippen molar-refractivity contribution in [2.45, 2.75) is 6.10 Å². The fraction of sp³-hybridized carbons (Fsp3) is 0.273. The average Bonchev–Trinajstić information content (AvgIpc) is 2.37. The fourth-order valence-corrected chi connectivity index (χ4v) is 1.20. The first-order valence-corrected chi connectivity index (χ1v) is 4.79. The predicted molar refractivity (Wildman–Crippen MR) is 59.4 cm³/mol. The molecule has 0 fully saturated rings. The summed E-state index contributed by atoms with van der Waals surface area (Å²) in [5.74, 6) is -0.764. The number of carbonyl (C=O) groups excluding carboxylic acids is 2. The number of carbonyl (C=O) groups is 2. The number of nitrogens with one attached hydrogen (secondary N) is 1. The van der Waals surface area contributed by atoms with Crippen LogP contribution in [0.1, 0.15) is 11.7 Å². The van der Waals surface area contributed by atoms with Gasteiger partial charge in [0, 0.05) is 5.69 Å². The van der Waals surface area contributed by atoms with E-state index < -0.39 is 18.2 Å². The Bertz CT molecular complexity index is 418. The highest BCUT2D eigenvalue weighted by Gasteiger charge is 2.18. The van der Waals surface area contributed by atoms with Gasteiger partial charge < -0.3 is 14.6 Å². The van der Waals surface area contributed by atoms with Crippen LogP contribution < -0.4 is 5.32 Å². The van der Waals surface area contributed by atoms with E-state index in [9.17, 15) is 14.7 Å². The fourth-order valence-electron chi connectivity index (χ4n) is 1.20. The number of rotatable bonds is 3. The van der Waals surface area contributed by atoms with Crippen LogP contribution in [0.15, 0.2) is 24.3 Å². The third-order valence-electron chi connectivity index (χ3n) is 2.06. The molecule has 0 spiro atoms. The molecule has 1 aromatic carbocycles. The van der Waals surface area contributed by atoms with Gasteiger partial charge in [-0.3, -0.25) is 5.32 Å². The molecule has 0 aromatic heterocycles. The summed E-state index contributed by atoms with van der Waals surface area (Å²) in [5.41, 5.74) is 0.739. The van der Waals surface area contributed by atoms with Crippen molar-refractivity contribution in [2.24, 2.45) is 0 Å². The molecule has 92 valence electrons. The summed E-state index contributed by atoms with van der Waals surface area (Å²) >= 11 is 0. The van der Waals surface area contributed by atoms with Gasteiger partial charge in [-0.15, -0.1) is 0 Å². The smallest absolute Gasteiger partial charge is 0.411 e. The molecule has 0 radical (unpaired) electrons. The minimum Gasteiger partial charge on any atom is -0.467 e.